The van der Waals surface area contributed by atoms with Crippen LogP contribution in [0.4, 0.5) is 5.69 Å². The van der Waals surface area contributed by atoms with Gasteiger partial charge in [-0.25, -0.2) is 8.42 Å². The van der Waals surface area contributed by atoms with E-state index in [1.807, 2.05) is 6.26 Å². The van der Waals surface area contributed by atoms with Crippen molar-refractivity contribution >= 4 is 51.0 Å². The van der Waals surface area contributed by atoms with E-state index in [1.54, 1.807) is 30.3 Å². The maximum Gasteiger partial charge on any atom is 0.328 e. The Bertz CT molecular complexity index is 1190. The van der Waals surface area contributed by atoms with Crippen molar-refractivity contribution in [1.82, 2.24) is 4.72 Å². The fraction of sp³-hybridized carbons (Fsp3) is 0.200. The number of anilines is 1. The van der Waals surface area contributed by atoms with Gasteiger partial charge in [-0.3, -0.25) is 24.1 Å². The summed E-state index contributed by atoms with van der Waals surface area (Å²) in [4.78, 5) is 40.6. The number of amidine groups is 1. The van der Waals surface area contributed by atoms with Gasteiger partial charge in [0.1, 0.15) is 12.4 Å². The highest BCUT2D eigenvalue weighted by atomic mass is 32.2. The van der Waals surface area contributed by atoms with E-state index in [-0.39, 0.29) is 22.2 Å². The predicted molar refractivity (Wildman–Crippen MR) is 116 cm³/mol. The normalized spacial score (nSPS) is 15.1. The van der Waals surface area contributed by atoms with Crippen LogP contribution in [0.1, 0.15) is 22.8 Å². The minimum Gasteiger partial charge on any atom is -0.456 e. The number of fused-ring (bicyclic) bond motifs is 1. The Morgan fingerprint density at radius 2 is 1.90 bits per heavy atom. The maximum atomic E-state index is 12.4. The molecule has 1 aliphatic heterocycles. The molecule has 0 radical (unpaired) electrons. The van der Waals surface area contributed by atoms with Gasteiger partial charge in [0.15, 0.2) is 12.4 Å². The number of aliphatic imine (C=N–C) groups is 1. The number of hydrogen-bond acceptors (Lipinski definition) is 8. The number of thioether (sulfide) groups is 1. The second kappa shape index (κ2) is 9.31. The molecule has 3 rings (SSSR count). The van der Waals surface area contributed by atoms with Crippen molar-refractivity contribution in [3.05, 3.63) is 53.6 Å². The SMILES string of the molecule is CSc1ccc(C(=O)COC(=O)CN=C2NS(=O)(=O)c3ccccc32)cc1NC(C)=O. The summed E-state index contributed by atoms with van der Waals surface area (Å²) < 4.78 is 31.3. The number of nitrogens with zero attached hydrogens (tertiary/aromatic N) is 1. The van der Waals surface area contributed by atoms with Crippen LogP contribution in [0, 0.1) is 0 Å². The molecule has 0 atom stereocenters. The van der Waals surface area contributed by atoms with E-state index < -0.39 is 34.9 Å². The van der Waals surface area contributed by atoms with Crippen LogP contribution in [-0.4, -0.2) is 51.3 Å². The fourth-order valence-corrected chi connectivity index (χ4v) is 4.62. The van der Waals surface area contributed by atoms with Crippen LogP contribution < -0.4 is 10.0 Å². The summed E-state index contributed by atoms with van der Waals surface area (Å²) in [5.74, 6) is -1.46. The Hall–Kier alpha value is -3.18. The lowest BCUT2D eigenvalue weighted by atomic mass is 10.1. The summed E-state index contributed by atoms with van der Waals surface area (Å²) in [6, 6.07) is 11.1. The molecule has 0 bridgehead atoms. The number of ketones is 1. The molecule has 11 heteroatoms. The van der Waals surface area contributed by atoms with Crippen LogP contribution in [-0.2, 0) is 24.3 Å². The summed E-state index contributed by atoms with van der Waals surface area (Å²) in [5.41, 5.74) is 1.14. The van der Waals surface area contributed by atoms with Crippen molar-refractivity contribution in [3.8, 4) is 0 Å². The molecule has 1 heterocycles. The van der Waals surface area contributed by atoms with E-state index in [9.17, 15) is 22.8 Å². The van der Waals surface area contributed by atoms with Crippen LogP contribution in [0.25, 0.3) is 0 Å². The van der Waals surface area contributed by atoms with Crippen molar-refractivity contribution in [2.24, 2.45) is 4.99 Å². The molecule has 0 spiro atoms. The number of esters is 1. The zero-order valence-corrected chi connectivity index (χ0v) is 18.3. The quantitative estimate of drug-likeness (QED) is 0.365. The van der Waals surface area contributed by atoms with Gasteiger partial charge in [0.25, 0.3) is 10.0 Å². The second-order valence-corrected chi connectivity index (χ2v) is 8.95. The first-order valence-corrected chi connectivity index (χ1v) is 11.7. The highest BCUT2D eigenvalue weighted by Crippen LogP contribution is 2.27. The van der Waals surface area contributed by atoms with Gasteiger partial charge < -0.3 is 10.1 Å². The Morgan fingerprint density at radius 3 is 2.61 bits per heavy atom. The summed E-state index contributed by atoms with van der Waals surface area (Å²) in [6.45, 7) is 0.400. The van der Waals surface area contributed by atoms with E-state index in [4.69, 9.17) is 4.74 Å². The number of nitrogens with one attached hydrogen (secondary N) is 2. The van der Waals surface area contributed by atoms with E-state index in [0.29, 0.717) is 11.3 Å². The number of benzene rings is 2. The highest BCUT2D eigenvalue weighted by Gasteiger charge is 2.30. The number of ether oxygens (including phenoxy) is 1. The Kier molecular flexibility index (Phi) is 6.76. The lowest BCUT2D eigenvalue weighted by molar-refractivity contribution is -0.140. The Morgan fingerprint density at radius 1 is 1.16 bits per heavy atom. The van der Waals surface area contributed by atoms with E-state index in [2.05, 4.69) is 15.0 Å². The largest absolute Gasteiger partial charge is 0.456 e. The zero-order valence-electron chi connectivity index (χ0n) is 16.7. The first-order chi connectivity index (χ1) is 14.7. The Labute approximate surface area is 183 Å². The van der Waals surface area contributed by atoms with Crippen molar-refractivity contribution in [1.29, 1.82) is 0 Å². The van der Waals surface area contributed by atoms with Crippen LogP contribution in [0.5, 0.6) is 0 Å². The average Bonchev–Trinajstić information content (AvgIpc) is 3.00. The maximum absolute atomic E-state index is 12.4. The van der Waals surface area contributed by atoms with Crippen molar-refractivity contribution < 1.29 is 27.5 Å². The molecule has 162 valence electrons. The van der Waals surface area contributed by atoms with Crippen LogP contribution in [0.2, 0.25) is 0 Å². The third kappa shape index (κ3) is 5.30. The number of carbonyl (C=O) groups is 3. The summed E-state index contributed by atoms with van der Waals surface area (Å²) in [5, 5.41) is 2.66. The van der Waals surface area contributed by atoms with Crippen molar-refractivity contribution in [2.45, 2.75) is 16.7 Å². The van der Waals surface area contributed by atoms with E-state index in [0.717, 1.165) is 4.90 Å². The molecular weight excluding hydrogens is 442 g/mol. The van der Waals surface area contributed by atoms with Crippen molar-refractivity contribution in [3.63, 3.8) is 0 Å². The number of rotatable bonds is 7. The van der Waals surface area contributed by atoms with Gasteiger partial charge in [-0.05, 0) is 30.5 Å². The van der Waals surface area contributed by atoms with Gasteiger partial charge in [0.05, 0.1) is 10.6 Å². The number of amides is 1. The van der Waals surface area contributed by atoms with Gasteiger partial charge >= 0.3 is 5.97 Å². The van der Waals surface area contributed by atoms with Crippen molar-refractivity contribution in [2.75, 3.05) is 24.7 Å². The topological polar surface area (TPSA) is 131 Å². The van der Waals surface area contributed by atoms with Gasteiger partial charge in [-0.15, -0.1) is 11.8 Å². The standard InChI is InChI=1S/C20H19N3O6S2/c1-12(24)22-15-9-13(7-8-17(15)30-2)16(25)11-29-19(26)10-21-20-14-5-3-4-6-18(14)31(27,28)23-20/h3-9H,10-11H2,1-2H3,(H,21,23)(H,22,24). The Balaban J connectivity index is 1.62. The van der Waals surface area contributed by atoms with E-state index in [1.165, 1.54) is 30.8 Å². The minimum atomic E-state index is -3.70. The second-order valence-electron chi connectivity index (χ2n) is 6.45. The fourth-order valence-electron chi connectivity index (χ4n) is 2.84. The molecule has 2 aromatic rings. The first kappa shape index (κ1) is 22.5. The lowest BCUT2D eigenvalue weighted by Gasteiger charge is -2.10. The zero-order chi connectivity index (χ0) is 22.6. The highest BCUT2D eigenvalue weighted by molar-refractivity contribution is 7.98. The molecule has 2 N–H and O–H groups in total. The number of Topliss-reactive ketones (excluding diaryl/α,β-unsaturated/α-hetero) is 1. The summed E-state index contributed by atoms with van der Waals surface area (Å²) >= 11 is 1.41. The molecule has 2 aromatic carbocycles. The molecule has 1 aliphatic rings. The summed E-state index contributed by atoms with van der Waals surface area (Å²) in [6.07, 6.45) is 1.84. The van der Waals surface area contributed by atoms with E-state index >= 15 is 0 Å². The predicted octanol–water partition coefficient (Wildman–Crippen LogP) is 1.83. The van der Waals surface area contributed by atoms with Gasteiger partial charge in [-0.1, -0.05) is 18.2 Å². The lowest BCUT2D eigenvalue weighted by Crippen LogP contribution is -2.24. The number of carbonyl (C=O) groups excluding carboxylic acids is 3. The molecule has 0 aromatic heterocycles. The molecule has 0 saturated heterocycles. The minimum absolute atomic E-state index is 0.0477. The van der Waals surface area contributed by atoms with Crippen LogP contribution >= 0.6 is 11.8 Å². The average molecular weight is 462 g/mol. The molecule has 0 fully saturated rings. The number of hydrogen-bond donors (Lipinski definition) is 2. The molecular formula is C20H19N3O6S2. The molecule has 31 heavy (non-hydrogen) atoms. The molecule has 0 unspecified atom stereocenters. The monoisotopic (exact) mass is 461 g/mol. The number of sulfonamides is 1. The van der Waals surface area contributed by atoms with Gasteiger partial charge in [0.2, 0.25) is 5.91 Å². The smallest absolute Gasteiger partial charge is 0.328 e. The van der Waals surface area contributed by atoms with Gasteiger partial charge in [-0.2, -0.15) is 0 Å². The van der Waals surface area contributed by atoms with Gasteiger partial charge in [0, 0.05) is 22.9 Å². The van der Waals surface area contributed by atoms with Crippen LogP contribution in [0.3, 0.4) is 0 Å². The third-order valence-corrected chi connectivity index (χ3v) is 6.42. The molecule has 1 amide bonds. The third-order valence-electron chi connectivity index (χ3n) is 4.23. The first-order valence-electron chi connectivity index (χ1n) is 9.02. The molecule has 9 nitrogen and oxygen atoms in total. The summed E-state index contributed by atoms with van der Waals surface area (Å²) in [7, 11) is -3.70. The molecule has 0 aliphatic carbocycles. The van der Waals surface area contributed by atoms with Crippen LogP contribution in [0.15, 0.2) is 57.2 Å². The molecule has 0 saturated carbocycles.